The van der Waals surface area contributed by atoms with E-state index in [4.69, 9.17) is 0 Å². The first-order valence-electron chi connectivity index (χ1n) is 12.3. The van der Waals surface area contributed by atoms with E-state index in [2.05, 4.69) is 20.9 Å². The minimum Gasteiger partial charge on any atom is -0.382 e. The number of hydrogen-bond donors (Lipinski definition) is 3. The van der Waals surface area contributed by atoms with Crippen molar-refractivity contribution in [2.75, 3.05) is 37.8 Å². The largest absolute Gasteiger partial charge is 0.382 e. The maximum Gasteiger partial charge on any atom is 0.256 e. The molecule has 0 saturated heterocycles. The number of nitrogens with one attached hydrogen (secondary N) is 3. The summed E-state index contributed by atoms with van der Waals surface area (Å²) < 4.78 is 0. The highest BCUT2D eigenvalue weighted by atomic mass is 16.2. The van der Waals surface area contributed by atoms with Crippen molar-refractivity contribution in [3.05, 3.63) is 59.2 Å². The summed E-state index contributed by atoms with van der Waals surface area (Å²) in [5.74, 6) is 0.0637. The molecule has 7 nitrogen and oxygen atoms in total. The fraction of sp³-hybridized carbons (Fsp3) is 0.393. The summed E-state index contributed by atoms with van der Waals surface area (Å²) in [6.07, 6.45) is 5.52. The Kier molecular flexibility index (Phi) is 7.66. The third kappa shape index (κ3) is 6.17. The summed E-state index contributed by atoms with van der Waals surface area (Å²) in [6, 6.07) is 13.6. The molecule has 1 aliphatic heterocycles. The van der Waals surface area contributed by atoms with E-state index in [9.17, 15) is 14.4 Å². The van der Waals surface area contributed by atoms with Gasteiger partial charge in [0, 0.05) is 53.1 Å². The first kappa shape index (κ1) is 24.7. The molecule has 3 N–H and O–H groups in total. The Morgan fingerprint density at radius 3 is 2.57 bits per heavy atom. The van der Waals surface area contributed by atoms with Gasteiger partial charge < -0.3 is 20.9 Å². The number of carbonyl (C=O) groups is 3. The fourth-order valence-electron chi connectivity index (χ4n) is 4.72. The smallest absolute Gasteiger partial charge is 0.256 e. The van der Waals surface area contributed by atoms with E-state index in [1.807, 2.05) is 44.4 Å². The minimum atomic E-state index is -0.166. The van der Waals surface area contributed by atoms with Crippen molar-refractivity contribution >= 4 is 40.6 Å². The quantitative estimate of drug-likeness (QED) is 0.397. The molecule has 184 valence electrons. The Labute approximate surface area is 207 Å². The number of anilines is 2. The number of rotatable bonds is 8. The molecule has 0 aromatic heterocycles. The predicted octanol–water partition coefficient (Wildman–Crippen LogP) is 4.03. The minimum absolute atomic E-state index is 0.0292. The van der Waals surface area contributed by atoms with Crippen LogP contribution in [-0.4, -0.2) is 55.7 Å². The molecular weight excluding hydrogens is 440 g/mol. The number of benzene rings is 2. The Morgan fingerprint density at radius 2 is 1.86 bits per heavy atom. The van der Waals surface area contributed by atoms with Gasteiger partial charge >= 0.3 is 0 Å². The summed E-state index contributed by atoms with van der Waals surface area (Å²) in [6.45, 7) is 3.06. The lowest BCUT2D eigenvalue weighted by atomic mass is 9.85. The monoisotopic (exact) mass is 474 g/mol. The summed E-state index contributed by atoms with van der Waals surface area (Å²) >= 11 is 0. The second-order valence-electron chi connectivity index (χ2n) is 9.74. The molecule has 2 aromatic rings. The molecule has 1 fully saturated rings. The molecule has 1 aliphatic carbocycles. The van der Waals surface area contributed by atoms with Crippen LogP contribution in [-0.2, 0) is 9.59 Å². The van der Waals surface area contributed by atoms with Gasteiger partial charge in [-0.25, -0.2) is 0 Å². The Bertz CT molecular complexity index is 1150. The van der Waals surface area contributed by atoms with E-state index in [-0.39, 0.29) is 23.5 Å². The van der Waals surface area contributed by atoms with E-state index in [1.54, 1.807) is 18.2 Å². The highest BCUT2D eigenvalue weighted by Crippen LogP contribution is 2.34. The number of carbonyl (C=O) groups excluding carboxylic acids is 3. The summed E-state index contributed by atoms with van der Waals surface area (Å²) in [5, 5.41) is 9.53. The van der Waals surface area contributed by atoms with E-state index in [0.29, 0.717) is 23.7 Å². The van der Waals surface area contributed by atoms with Crippen LogP contribution in [0.15, 0.2) is 42.5 Å². The van der Waals surface area contributed by atoms with Crippen LogP contribution in [0, 0.1) is 5.92 Å². The molecule has 2 amide bonds. The average molecular weight is 475 g/mol. The lowest BCUT2D eigenvalue weighted by molar-refractivity contribution is -0.126. The maximum atomic E-state index is 12.6. The lowest BCUT2D eigenvalue weighted by Crippen LogP contribution is -2.38. The average Bonchev–Trinajstić information content (AvgIpc) is 3.13. The van der Waals surface area contributed by atoms with Crippen molar-refractivity contribution in [3.63, 3.8) is 0 Å². The van der Waals surface area contributed by atoms with Crippen LogP contribution >= 0.6 is 0 Å². The molecule has 35 heavy (non-hydrogen) atoms. The normalized spacial score (nSPS) is 20.5. The number of ketones is 1. The first-order chi connectivity index (χ1) is 16.8. The van der Waals surface area contributed by atoms with Crippen molar-refractivity contribution in [1.82, 2.24) is 10.2 Å². The fourth-order valence-corrected chi connectivity index (χ4v) is 4.72. The Balaban J connectivity index is 1.38. The number of hydrogen-bond acceptors (Lipinski definition) is 5. The van der Waals surface area contributed by atoms with E-state index < -0.39 is 0 Å². The molecule has 0 bridgehead atoms. The second kappa shape index (κ2) is 10.9. The molecule has 1 heterocycles. The van der Waals surface area contributed by atoms with Gasteiger partial charge in [-0.15, -0.1) is 0 Å². The molecule has 4 rings (SSSR count). The lowest BCUT2D eigenvalue weighted by Gasteiger charge is -2.29. The zero-order valence-electron chi connectivity index (χ0n) is 20.7. The van der Waals surface area contributed by atoms with Gasteiger partial charge in [-0.05, 0) is 88.7 Å². The van der Waals surface area contributed by atoms with E-state index in [1.165, 1.54) is 6.92 Å². The van der Waals surface area contributed by atoms with Crippen LogP contribution in [0.4, 0.5) is 11.4 Å². The Hall–Kier alpha value is -3.45. The number of Topliss-reactive ketones (excluding diaryl/α,β-unsaturated/α-hetero) is 1. The molecule has 2 aromatic carbocycles. The van der Waals surface area contributed by atoms with Crippen molar-refractivity contribution < 1.29 is 14.4 Å². The molecule has 1 saturated carbocycles. The van der Waals surface area contributed by atoms with Gasteiger partial charge in [0.2, 0.25) is 5.91 Å². The SMILES string of the molecule is CC(=O)c1ccc2c(c1)/C(=C/c1cccc(NC3CCC(C(=O)NCCN(C)C)CC3)c1)C(=O)N2. The molecular formula is C28H34N4O3. The molecule has 0 unspecified atom stereocenters. The van der Waals surface area contributed by atoms with Gasteiger partial charge in [-0.2, -0.15) is 0 Å². The summed E-state index contributed by atoms with van der Waals surface area (Å²) in [5.41, 5.74) is 4.53. The predicted molar refractivity (Wildman–Crippen MR) is 140 cm³/mol. The Morgan fingerprint density at radius 1 is 1.09 bits per heavy atom. The van der Waals surface area contributed by atoms with Crippen LogP contribution in [0.5, 0.6) is 0 Å². The number of amides is 2. The molecule has 2 aliphatic rings. The maximum absolute atomic E-state index is 12.6. The van der Waals surface area contributed by atoms with Crippen LogP contribution in [0.25, 0.3) is 11.6 Å². The van der Waals surface area contributed by atoms with Gasteiger partial charge in [0.15, 0.2) is 5.78 Å². The highest BCUT2D eigenvalue weighted by molar-refractivity contribution is 6.35. The summed E-state index contributed by atoms with van der Waals surface area (Å²) in [4.78, 5) is 38.9. The number of nitrogens with zero attached hydrogens (tertiary/aromatic N) is 1. The van der Waals surface area contributed by atoms with Gasteiger partial charge in [-0.3, -0.25) is 14.4 Å². The van der Waals surface area contributed by atoms with Gasteiger partial charge in [0.05, 0.1) is 0 Å². The zero-order valence-corrected chi connectivity index (χ0v) is 20.7. The molecule has 7 heteroatoms. The molecule has 0 atom stereocenters. The first-order valence-corrected chi connectivity index (χ1v) is 12.3. The second-order valence-corrected chi connectivity index (χ2v) is 9.74. The third-order valence-corrected chi connectivity index (χ3v) is 6.73. The summed E-state index contributed by atoms with van der Waals surface area (Å²) in [7, 11) is 4.00. The van der Waals surface area contributed by atoms with Crippen molar-refractivity contribution in [2.24, 2.45) is 5.92 Å². The highest BCUT2D eigenvalue weighted by Gasteiger charge is 2.27. The van der Waals surface area contributed by atoms with Crippen molar-refractivity contribution in [1.29, 1.82) is 0 Å². The third-order valence-electron chi connectivity index (χ3n) is 6.73. The van der Waals surface area contributed by atoms with Crippen LogP contribution in [0.3, 0.4) is 0 Å². The topological polar surface area (TPSA) is 90.5 Å². The number of likely N-dealkylation sites (N-methyl/N-ethyl adjacent to an activating group) is 1. The number of fused-ring (bicyclic) bond motifs is 1. The van der Waals surface area contributed by atoms with Crippen LogP contribution in [0.2, 0.25) is 0 Å². The van der Waals surface area contributed by atoms with Gasteiger partial charge in [0.25, 0.3) is 5.91 Å². The van der Waals surface area contributed by atoms with Crippen LogP contribution in [0.1, 0.15) is 54.1 Å². The standard InChI is InChI=1S/C28H34N4O3/c1-18(33)21-9-12-26-24(17-21)25(28(35)31-26)16-19-5-4-6-23(15-19)30-22-10-7-20(8-11-22)27(34)29-13-14-32(2)3/h4-6,9,12,15-17,20,22,30H,7-8,10-11,13-14H2,1-3H3,(H,29,34)(H,31,35)/b25-16-. The van der Waals surface area contributed by atoms with Crippen molar-refractivity contribution in [2.45, 2.75) is 38.6 Å². The molecule has 0 radical (unpaired) electrons. The van der Waals surface area contributed by atoms with Gasteiger partial charge in [-0.1, -0.05) is 12.1 Å². The molecule has 0 spiro atoms. The van der Waals surface area contributed by atoms with E-state index >= 15 is 0 Å². The van der Waals surface area contributed by atoms with E-state index in [0.717, 1.165) is 54.7 Å². The van der Waals surface area contributed by atoms with Crippen molar-refractivity contribution in [3.8, 4) is 0 Å². The zero-order chi connectivity index (χ0) is 24.9. The van der Waals surface area contributed by atoms with Crippen LogP contribution < -0.4 is 16.0 Å². The van der Waals surface area contributed by atoms with Gasteiger partial charge in [0.1, 0.15) is 0 Å².